The van der Waals surface area contributed by atoms with Gasteiger partial charge in [0.15, 0.2) is 0 Å². The standard InChI is InChI=1S/C14H22O/c1-10(2)8-9-14(15)12(4)7-6-11(3)13(14)5/h11-13,15H,1,6-7H2,2-5H3. The van der Waals surface area contributed by atoms with Crippen LogP contribution in [0.25, 0.3) is 0 Å². The Morgan fingerprint density at radius 2 is 1.93 bits per heavy atom. The van der Waals surface area contributed by atoms with Crippen LogP contribution < -0.4 is 0 Å². The molecule has 1 rings (SSSR count). The van der Waals surface area contributed by atoms with Gasteiger partial charge in [-0.1, -0.05) is 39.2 Å². The molecule has 0 heterocycles. The second-order valence-corrected chi connectivity index (χ2v) is 5.10. The Labute approximate surface area is 93.6 Å². The summed E-state index contributed by atoms with van der Waals surface area (Å²) in [7, 11) is 0. The van der Waals surface area contributed by atoms with E-state index in [0.29, 0.717) is 5.92 Å². The first-order chi connectivity index (χ1) is 6.88. The smallest absolute Gasteiger partial charge is 0.131 e. The molecule has 0 aliphatic heterocycles. The summed E-state index contributed by atoms with van der Waals surface area (Å²) < 4.78 is 0. The molecule has 0 radical (unpaired) electrons. The zero-order valence-electron chi connectivity index (χ0n) is 10.3. The van der Waals surface area contributed by atoms with Crippen molar-refractivity contribution in [2.24, 2.45) is 17.8 Å². The van der Waals surface area contributed by atoms with Crippen LogP contribution in [0.5, 0.6) is 0 Å². The second kappa shape index (κ2) is 4.41. The molecule has 0 aromatic heterocycles. The molecule has 0 aromatic carbocycles. The lowest BCUT2D eigenvalue weighted by Gasteiger charge is -2.43. The lowest BCUT2D eigenvalue weighted by atomic mass is 9.65. The number of rotatable bonds is 0. The van der Waals surface area contributed by atoms with Crippen LogP contribution in [0.3, 0.4) is 0 Å². The zero-order valence-corrected chi connectivity index (χ0v) is 10.3. The van der Waals surface area contributed by atoms with Crippen LogP contribution >= 0.6 is 0 Å². The van der Waals surface area contributed by atoms with E-state index in [4.69, 9.17) is 0 Å². The van der Waals surface area contributed by atoms with E-state index in [2.05, 4.69) is 39.2 Å². The third-order valence-corrected chi connectivity index (χ3v) is 3.83. The number of hydrogen-bond donors (Lipinski definition) is 1. The molecular weight excluding hydrogens is 184 g/mol. The molecule has 0 saturated heterocycles. The van der Waals surface area contributed by atoms with E-state index in [0.717, 1.165) is 12.0 Å². The molecule has 15 heavy (non-hydrogen) atoms. The van der Waals surface area contributed by atoms with Crippen molar-refractivity contribution in [3.05, 3.63) is 12.2 Å². The van der Waals surface area contributed by atoms with Gasteiger partial charge in [0.1, 0.15) is 5.60 Å². The van der Waals surface area contributed by atoms with Crippen LogP contribution in [0, 0.1) is 29.6 Å². The van der Waals surface area contributed by atoms with Gasteiger partial charge in [-0.25, -0.2) is 0 Å². The fraction of sp³-hybridized carbons (Fsp3) is 0.714. The minimum atomic E-state index is -0.823. The van der Waals surface area contributed by atoms with Gasteiger partial charge in [-0.05, 0) is 43.1 Å². The van der Waals surface area contributed by atoms with E-state index < -0.39 is 5.60 Å². The molecular formula is C14H22O. The van der Waals surface area contributed by atoms with Crippen LogP contribution in [0.1, 0.15) is 40.5 Å². The van der Waals surface area contributed by atoms with Crippen molar-refractivity contribution in [3.63, 3.8) is 0 Å². The van der Waals surface area contributed by atoms with Gasteiger partial charge in [-0.3, -0.25) is 0 Å². The van der Waals surface area contributed by atoms with E-state index in [-0.39, 0.29) is 11.8 Å². The van der Waals surface area contributed by atoms with Gasteiger partial charge < -0.3 is 5.11 Å². The molecule has 0 amide bonds. The first-order valence-electron chi connectivity index (χ1n) is 5.79. The van der Waals surface area contributed by atoms with E-state index in [1.807, 2.05) is 6.92 Å². The number of aliphatic hydroxyl groups is 1. The highest BCUT2D eigenvalue weighted by Crippen LogP contribution is 2.41. The molecule has 4 atom stereocenters. The number of hydrogen-bond acceptors (Lipinski definition) is 1. The monoisotopic (exact) mass is 206 g/mol. The van der Waals surface area contributed by atoms with E-state index >= 15 is 0 Å². The van der Waals surface area contributed by atoms with Gasteiger partial charge in [0, 0.05) is 0 Å². The number of allylic oxidation sites excluding steroid dienone is 1. The summed E-state index contributed by atoms with van der Waals surface area (Å²) in [5, 5.41) is 10.6. The summed E-state index contributed by atoms with van der Waals surface area (Å²) in [4.78, 5) is 0. The summed E-state index contributed by atoms with van der Waals surface area (Å²) in [5.41, 5.74) is -0.00238. The molecule has 1 aliphatic carbocycles. The Balaban J connectivity index is 2.97. The summed E-state index contributed by atoms with van der Waals surface area (Å²) in [6.45, 7) is 12.0. The van der Waals surface area contributed by atoms with E-state index in [1.165, 1.54) is 6.42 Å². The Hall–Kier alpha value is -0.740. The fourth-order valence-corrected chi connectivity index (χ4v) is 2.31. The van der Waals surface area contributed by atoms with Crippen LogP contribution in [0.15, 0.2) is 12.2 Å². The highest BCUT2D eigenvalue weighted by atomic mass is 16.3. The fourth-order valence-electron chi connectivity index (χ4n) is 2.31. The molecule has 0 spiro atoms. The normalized spacial score (nSPS) is 40.5. The molecule has 1 heteroatoms. The lowest BCUT2D eigenvalue weighted by Crippen LogP contribution is -2.47. The average Bonchev–Trinajstić information content (AvgIpc) is 2.18. The second-order valence-electron chi connectivity index (χ2n) is 5.10. The van der Waals surface area contributed by atoms with Crippen molar-refractivity contribution >= 4 is 0 Å². The maximum Gasteiger partial charge on any atom is 0.131 e. The highest BCUT2D eigenvalue weighted by molar-refractivity contribution is 5.29. The maximum atomic E-state index is 10.6. The van der Waals surface area contributed by atoms with Gasteiger partial charge >= 0.3 is 0 Å². The van der Waals surface area contributed by atoms with E-state index in [9.17, 15) is 5.11 Å². The third kappa shape index (κ3) is 2.44. The SMILES string of the molecule is C=C(C)C#CC1(O)C(C)CCC(C)C1C. The van der Waals surface area contributed by atoms with Gasteiger partial charge in [-0.2, -0.15) is 0 Å². The molecule has 0 bridgehead atoms. The summed E-state index contributed by atoms with van der Waals surface area (Å²) in [5.74, 6) is 7.03. The Kier molecular flexibility index (Phi) is 3.62. The molecule has 1 aliphatic rings. The van der Waals surface area contributed by atoms with Crippen molar-refractivity contribution in [1.29, 1.82) is 0 Å². The van der Waals surface area contributed by atoms with Crippen molar-refractivity contribution in [2.45, 2.75) is 46.1 Å². The third-order valence-electron chi connectivity index (χ3n) is 3.83. The molecule has 0 aromatic rings. The lowest BCUT2D eigenvalue weighted by molar-refractivity contribution is -0.0544. The molecule has 84 valence electrons. The Morgan fingerprint density at radius 3 is 2.47 bits per heavy atom. The average molecular weight is 206 g/mol. The minimum Gasteiger partial charge on any atom is -0.377 e. The van der Waals surface area contributed by atoms with Gasteiger partial charge in [0.05, 0.1) is 0 Å². The van der Waals surface area contributed by atoms with Gasteiger partial charge in [0.25, 0.3) is 0 Å². The van der Waals surface area contributed by atoms with Gasteiger partial charge in [0.2, 0.25) is 0 Å². The zero-order chi connectivity index (χ0) is 11.6. The quantitative estimate of drug-likeness (QED) is 0.604. The summed E-state index contributed by atoms with van der Waals surface area (Å²) >= 11 is 0. The molecule has 1 fully saturated rings. The predicted octanol–water partition coefficient (Wildman–Crippen LogP) is 3.00. The summed E-state index contributed by atoms with van der Waals surface area (Å²) in [6.07, 6.45) is 2.26. The highest BCUT2D eigenvalue weighted by Gasteiger charge is 2.43. The molecule has 4 unspecified atom stereocenters. The Bertz CT molecular complexity index is 307. The van der Waals surface area contributed by atoms with Crippen LogP contribution in [-0.4, -0.2) is 10.7 Å². The maximum absolute atomic E-state index is 10.6. The predicted molar refractivity (Wildman–Crippen MR) is 64.3 cm³/mol. The molecule has 1 nitrogen and oxygen atoms in total. The van der Waals surface area contributed by atoms with Crippen molar-refractivity contribution in [2.75, 3.05) is 0 Å². The van der Waals surface area contributed by atoms with Crippen molar-refractivity contribution in [3.8, 4) is 11.8 Å². The van der Waals surface area contributed by atoms with Crippen molar-refractivity contribution in [1.82, 2.24) is 0 Å². The first kappa shape index (κ1) is 12.3. The molecule has 1 N–H and O–H groups in total. The van der Waals surface area contributed by atoms with E-state index in [1.54, 1.807) is 0 Å². The largest absolute Gasteiger partial charge is 0.377 e. The minimum absolute atomic E-state index is 0.244. The van der Waals surface area contributed by atoms with Crippen LogP contribution in [-0.2, 0) is 0 Å². The summed E-state index contributed by atoms with van der Waals surface area (Å²) in [6, 6.07) is 0. The topological polar surface area (TPSA) is 20.2 Å². The van der Waals surface area contributed by atoms with Crippen LogP contribution in [0.2, 0.25) is 0 Å². The van der Waals surface area contributed by atoms with Crippen molar-refractivity contribution < 1.29 is 5.11 Å². The van der Waals surface area contributed by atoms with Gasteiger partial charge in [-0.15, -0.1) is 0 Å². The molecule has 1 saturated carbocycles. The van der Waals surface area contributed by atoms with Crippen LogP contribution in [0.4, 0.5) is 0 Å². The first-order valence-corrected chi connectivity index (χ1v) is 5.79. The Morgan fingerprint density at radius 1 is 1.33 bits per heavy atom.